The Hall–Kier alpha value is -4.64. The second-order valence-corrected chi connectivity index (χ2v) is 8.49. The van der Waals surface area contributed by atoms with Gasteiger partial charge in [0.25, 0.3) is 5.69 Å². The highest BCUT2D eigenvalue weighted by Gasteiger charge is 2.27. The van der Waals surface area contributed by atoms with E-state index in [-0.39, 0.29) is 10.6 Å². The Bertz CT molecular complexity index is 1980. The third kappa shape index (κ3) is 1.94. The molecule has 0 unspecified atom stereocenters. The number of benzene rings is 5. The molecule has 2 heterocycles. The first-order chi connectivity index (χ1) is 16.2. The van der Waals surface area contributed by atoms with E-state index in [1.165, 1.54) is 0 Å². The second kappa shape index (κ2) is 5.58. The lowest BCUT2D eigenvalue weighted by Crippen LogP contribution is -1.92. The van der Waals surface area contributed by atoms with E-state index in [1.807, 2.05) is 48.5 Å². The summed E-state index contributed by atoms with van der Waals surface area (Å²) in [5.41, 5.74) is 6.79. The molecule has 0 amide bonds. The largest absolute Gasteiger partial charge is 0.456 e. The minimum absolute atomic E-state index is 0.0719. The van der Waals surface area contributed by atoms with Crippen LogP contribution in [0.15, 0.2) is 87.7 Å². The van der Waals surface area contributed by atoms with Gasteiger partial charge < -0.3 is 8.83 Å². The van der Waals surface area contributed by atoms with Crippen LogP contribution in [0.5, 0.6) is 0 Å². The monoisotopic (exact) mass is 427 g/mol. The van der Waals surface area contributed by atoms with Crippen LogP contribution in [0.2, 0.25) is 0 Å². The van der Waals surface area contributed by atoms with Gasteiger partial charge in [0.1, 0.15) is 22.3 Å². The number of nitrogens with zero attached hydrogens (tertiary/aromatic N) is 1. The zero-order valence-corrected chi connectivity index (χ0v) is 17.1. The topological polar surface area (TPSA) is 69.4 Å². The Morgan fingerprint density at radius 3 is 1.88 bits per heavy atom. The lowest BCUT2D eigenvalue weighted by molar-refractivity contribution is -0.384. The van der Waals surface area contributed by atoms with Crippen molar-refractivity contribution in [1.82, 2.24) is 0 Å². The Balaban J connectivity index is 1.73. The molecule has 0 radical (unpaired) electrons. The van der Waals surface area contributed by atoms with E-state index >= 15 is 0 Å². The van der Waals surface area contributed by atoms with E-state index in [9.17, 15) is 10.1 Å². The zero-order valence-electron chi connectivity index (χ0n) is 17.1. The summed E-state index contributed by atoms with van der Waals surface area (Å²) in [5, 5.41) is 18.0. The van der Waals surface area contributed by atoms with Crippen molar-refractivity contribution in [1.29, 1.82) is 0 Å². The molecule has 0 N–H and O–H groups in total. The highest BCUT2D eigenvalue weighted by molar-refractivity contribution is 6.38. The SMILES string of the molecule is O=[N+]([O-])c1ccccc1-c1cc2oc3cccc4c3c2c2c1ccc1oc3cccc-4c3c12. The third-order valence-corrected chi connectivity index (χ3v) is 6.90. The third-order valence-electron chi connectivity index (χ3n) is 6.90. The molecule has 33 heavy (non-hydrogen) atoms. The number of hydrogen-bond acceptors (Lipinski definition) is 4. The fourth-order valence-corrected chi connectivity index (χ4v) is 5.65. The van der Waals surface area contributed by atoms with Gasteiger partial charge in [0.15, 0.2) is 0 Å². The van der Waals surface area contributed by atoms with Crippen molar-refractivity contribution in [2.75, 3.05) is 0 Å². The number of nitro benzene ring substituents is 1. The molecular formula is C28H13NO4. The Labute approximate surface area is 185 Å². The van der Waals surface area contributed by atoms with Crippen LogP contribution < -0.4 is 0 Å². The van der Waals surface area contributed by atoms with Crippen LogP contribution in [-0.4, -0.2) is 4.92 Å². The fourth-order valence-electron chi connectivity index (χ4n) is 5.65. The molecule has 0 aliphatic heterocycles. The van der Waals surface area contributed by atoms with Gasteiger partial charge in [-0.25, -0.2) is 0 Å². The van der Waals surface area contributed by atoms with Gasteiger partial charge in [-0.15, -0.1) is 0 Å². The zero-order chi connectivity index (χ0) is 21.8. The predicted octanol–water partition coefficient (Wildman–Crippen LogP) is 8.19. The average Bonchev–Trinajstić information content (AvgIpc) is 3.37. The predicted molar refractivity (Wildman–Crippen MR) is 130 cm³/mol. The maximum Gasteiger partial charge on any atom is 0.277 e. The normalized spacial score (nSPS) is 12.5. The van der Waals surface area contributed by atoms with Gasteiger partial charge in [-0.3, -0.25) is 10.1 Å². The maximum atomic E-state index is 11.9. The van der Waals surface area contributed by atoms with Crippen LogP contribution in [-0.2, 0) is 0 Å². The summed E-state index contributed by atoms with van der Waals surface area (Å²) in [6, 6.07) is 25.0. The van der Waals surface area contributed by atoms with E-state index in [4.69, 9.17) is 8.83 Å². The Kier molecular flexibility index (Phi) is 2.87. The van der Waals surface area contributed by atoms with Gasteiger partial charge in [0.2, 0.25) is 0 Å². The molecule has 5 aromatic carbocycles. The molecule has 0 saturated carbocycles. The fraction of sp³-hybridized carbons (Fsp3) is 0. The van der Waals surface area contributed by atoms with Gasteiger partial charge in [-0.2, -0.15) is 0 Å². The molecular weight excluding hydrogens is 414 g/mol. The van der Waals surface area contributed by atoms with E-state index in [0.29, 0.717) is 11.1 Å². The van der Waals surface area contributed by atoms with Crippen LogP contribution >= 0.6 is 0 Å². The quantitative estimate of drug-likeness (QED) is 0.206. The minimum atomic E-state index is -0.329. The number of rotatable bonds is 2. The summed E-state index contributed by atoms with van der Waals surface area (Å²) in [7, 11) is 0. The summed E-state index contributed by atoms with van der Waals surface area (Å²) in [4.78, 5) is 11.5. The number of nitro groups is 1. The summed E-state index contributed by atoms with van der Waals surface area (Å²) in [6.45, 7) is 0. The molecule has 0 fully saturated rings. The van der Waals surface area contributed by atoms with E-state index in [0.717, 1.165) is 65.8 Å². The van der Waals surface area contributed by atoms with Crippen molar-refractivity contribution in [3.8, 4) is 22.3 Å². The van der Waals surface area contributed by atoms with Gasteiger partial charge in [-0.1, -0.05) is 36.4 Å². The van der Waals surface area contributed by atoms with Crippen LogP contribution in [0.4, 0.5) is 5.69 Å². The molecule has 5 nitrogen and oxygen atoms in total. The first-order valence-corrected chi connectivity index (χ1v) is 10.7. The van der Waals surface area contributed by atoms with Crippen LogP contribution in [0.1, 0.15) is 0 Å². The number of fused-ring (bicyclic) bond motifs is 1. The molecule has 8 rings (SSSR count). The molecule has 1 aliphatic rings. The van der Waals surface area contributed by atoms with Crippen LogP contribution in [0.25, 0.3) is 76.9 Å². The average molecular weight is 427 g/mol. The highest BCUT2D eigenvalue weighted by atomic mass is 16.6. The number of hydrogen-bond donors (Lipinski definition) is 0. The van der Waals surface area contributed by atoms with Crippen molar-refractivity contribution in [3.05, 3.63) is 89.0 Å². The van der Waals surface area contributed by atoms with Gasteiger partial charge in [0.05, 0.1) is 10.5 Å². The molecule has 0 saturated heterocycles. The first kappa shape index (κ1) is 17.0. The molecule has 0 bridgehead atoms. The molecule has 7 aromatic rings. The lowest BCUT2D eigenvalue weighted by Gasteiger charge is -2.10. The first-order valence-electron chi connectivity index (χ1n) is 10.7. The van der Waals surface area contributed by atoms with E-state index < -0.39 is 0 Å². The highest BCUT2D eigenvalue weighted by Crippen LogP contribution is 2.52. The lowest BCUT2D eigenvalue weighted by atomic mass is 9.92. The number of furan rings is 2. The van der Waals surface area contributed by atoms with Gasteiger partial charge in [0, 0.05) is 38.6 Å². The standard InChI is InChI=1S/C28H13NO4/c30-29(31)19-8-2-1-5-14(19)18-13-23-28-25-16(7-4-10-21(25)33-23)15-6-3-9-20-24(15)27-22(32-20)12-11-17(18)26(27)28/h1-13H. The second-order valence-electron chi connectivity index (χ2n) is 8.49. The van der Waals surface area contributed by atoms with Crippen molar-refractivity contribution in [2.24, 2.45) is 0 Å². The molecule has 5 heteroatoms. The van der Waals surface area contributed by atoms with Crippen molar-refractivity contribution >= 4 is 60.3 Å². The Morgan fingerprint density at radius 2 is 1.15 bits per heavy atom. The van der Waals surface area contributed by atoms with Crippen LogP contribution in [0, 0.1) is 10.1 Å². The van der Waals surface area contributed by atoms with Crippen molar-refractivity contribution < 1.29 is 13.8 Å². The smallest absolute Gasteiger partial charge is 0.277 e. The summed E-state index contributed by atoms with van der Waals surface area (Å²) in [6.07, 6.45) is 0. The van der Waals surface area contributed by atoms with Crippen LogP contribution in [0.3, 0.4) is 0 Å². The molecule has 0 spiro atoms. The minimum Gasteiger partial charge on any atom is -0.456 e. The van der Waals surface area contributed by atoms with Gasteiger partial charge in [-0.05, 0) is 52.9 Å². The van der Waals surface area contributed by atoms with Gasteiger partial charge >= 0.3 is 0 Å². The summed E-state index contributed by atoms with van der Waals surface area (Å²) in [5.74, 6) is 0. The van der Waals surface area contributed by atoms with E-state index in [2.05, 4.69) is 12.1 Å². The summed E-state index contributed by atoms with van der Waals surface area (Å²) >= 11 is 0. The van der Waals surface area contributed by atoms with Crippen molar-refractivity contribution in [3.63, 3.8) is 0 Å². The maximum absolute atomic E-state index is 11.9. The Morgan fingerprint density at radius 1 is 0.545 bits per heavy atom. The van der Waals surface area contributed by atoms with Crippen molar-refractivity contribution in [2.45, 2.75) is 0 Å². The summed E-state index contributed by atoms with van der Waals surface area (Å²) < 4.78 is 12.6. The molecule has 154 valence electrons. The molecule has 0 atom stereocenters. The number of para-hydroxylation sites is 1. The molecule has 1 aliphatic carbocycles. The van der Waals surface area contributed by atoms with E-state index in [1.54, 1.807) is 18.2 Å². The molecule has 2 aromatic heterocycles.